The normalized spacial score (nSPS) is 18.3. The van der Waals surface area contributed by atoms with E-state index in [1.54, 1.807) is 0 Å². The highest BCUT2D eigenvalue weighted by Gasteiger charge is 2.17. The van der Waals surface area contributed by atoms with E-state index in [1.807, 2.05) is 0 Å². The van der Waals surface area contributed by atoms with E-state index in [0.717, 1.165) is 13.1 Å². The molecule has 1 fully saturated rings. The van der Waals surface area contributed by atoms with Gasteiger partial charge in [-0.1, -0.05) is 42.5 Å². The molecule has 2 aliphatic rings. The van der Waals surface area contributed by atoms with Gasteiger partial charge in [-0.25, -0.2) is 0 Å². The van der Waals surface area contributed by atoms with Crippen LogP contribution in [0.3, 0.4) is 0 Å². The standard InChI is InChI=1S/C21H27N3/c1-2-4-19(5-3-1)17-24-14-12-23(13-15-24)11-9-18-6-7-21-20(16-18)8-10-22-21/h1-7,16,22H,8-15,17H2. The van der Waals surface area contributed by atoms with Gasteiger partial charge in [-0.3, -0.25) is 4.90 Å². The molecular weight excluding hydrogens is 294 g/mol. The number of hydrogen-bond acceptors (Lipinski definition) is 3. The molecule has 2 aliphatic heterocycles. The first kappa shape index (κ1) is 15.7. The van der Waals surface area contributed by atoms with Gasteiger partial charge in [-0.2, -0.15) is 0 Å². The van der Waals surface area contributed by atoms with Crippen LogP contribution in [-0.4, -0.2) is 49.1 Å². The van der Waals surface area contributed by atoms with E-state index in [2.05, 4.69) is 63.6 Å². The first-order valence-corrected chi connectivity index (χ1v) is 9.21. The van der Waals surface area contributed by atoms with E-state index in [0.29, 0.717) is 0 Å². The quantitative estimate of drug-likeness (QED) is 0.913. The van der Waals surface area contributed by atoms with E-state index in [1.165, 1.54) is 67.9 Å². The summed E-state index contributed by atoms with van der Waals surface area (Å²) in [5.41, 5.74) is 5.76. The van der Waals surface area contributed by atoms with Crippen LogP contribution in [0, 0.1) is 0 Å². The van der Waals surface area contributed by atoms with E-state index in [9.17, 15) is 0 Å². The molecule has 2 heterocycles. The van der Waals surface area contributed by atoms with Crippen LogP contribution >= 0.6 is 0 Å². The van der Waals surface area contributed by atoms with Crippen molar-refractivity contribution < 1.29 is 0 Å². The monoisotopic (exact) mass is 321 g/mol. The van der Waals surface area contributed by atoms with Crippen LogP contribution in [0.5, 0.6) is 0 Å². The lowest BCUT2D eigenvalue weighted by Gasteiger charge is -2.34. The first-order valence-electron chi connectivity index (χ1n) is 9.21. The second-order valence-electron chi connectivity index (χ2n) is 7.02. The fourth-order valence-corrected chi connectivity index (χ4v) is 3.81. The van der Waals surface area contributed by atoms with Crippen molar-refractivity contribution in [1.82, 2.24) is 9.80 Å². The van der Waals surface area contributed by atoms with Crippen molar-refractivity contribution in [1.29, 1.82) is 0 Å². The summed E-state index contributed by atoms with van der Waals surface area (Å²) in [6.07, 6.45) is 2.35. The second kappa shape index (κ2) is 7.37. The van der Waals surface area contributed by atoms with E-state index >= 15 is 0 Å². The van der Waals surface area contributed by atoms with Crippen molar-refractivity contribution in [2.24, 2.45) is 0 Å². The Morgan fingerprint density at radius 2 is 1.62 bits per heavy atom. The molecule has 0 bridgehead atoms. The Balaban J connectivity index is 1.23. The first-order chi connectivity index (χ1) is 11.9. The van der Waals surface area contributed by atoms with Crippen molar-refractivity contribution in [3.8, 4) is 0 Å². The third kappa shape index (κ3) is 3.80. The maximum Gasteiger partial charge on any atom is 0.0373 e. The number of anilines is 1. The lowest BCUT2D eigenvalue weighted by molar-refractivity contribution is 0.128. The fraction of sp³-hybridized carbons (Fsp3) is 0.429. The van der Waals surface area contributed by atoms with Crippen molar-refractivity contribution in [3.63, 3.8) is 0 Å². The third-order valence-electron chi connectivity index (χ3n) is 5.31. The maximum atomic E-state index is 3.44. The van der Waals surface area contributed by atoms with Crippen molar-refractivity contribution >= 4 is 5.69 Å². The summed E-state index contributed by atoms with van der Waals surface area (Å²) in [5, 5.41) is 3.44. The Kier molecular flexibility index (Phi) is 4.81. The summed E-state index contributed by atoms with van der Waals surface area (Å²) in [5.74, 6) is 0. The average molecular weight is 321 g/mol. The van der Waals surface area contributed by atoms with Gasteiger partial charge in [-0.15, -0.1) is 0 Å². The van der Waals surface area contributed by atoms with Crippen molar-refractivity contribution in [2.75, 3.05) is 44.6 Å². The largest absolute Gasteiger partial charge is 0.384 e. The molecule has 0 unspecified atom stereocenters. The van der Waals surface area contributed by atoms with Crippen LogP contribution in [0.25, 0.3) is 0 Å². The Bertz CT molecular complexity index is 660. The van der Waals surface area contributed by atoms with Gasteiger partial charge >= 0.3 is 0 Å². The molecule has 3 nitrogen and oxygen atoms in total. The van der Waals surface area contributed by atoms with Crippen LogP contribution in [0.4, 0.5) is 5.69 Å². The molecule has 0 spiro atoms. The smallest absolute Gasteiger partial charge is 0.0373 e. The Labute approximate surface area is 145 Å². The molecule has 0 aromatic heterocycles. The lowest BCUT2D eigenvalue weighted by Crippen LogP contribution is -2.46. The molecule has 2 aromatic rings. The predicted octanol–water partition coefficient (Wildman–Crippen LogP) is 3.01. The molecule has 3 heteroatoms. The highest BCUT2D eigenvalue weighted by atomic mass is 15.3. The number of nitrogens with one attached hydrogen (secondary N) is 1. The Morgan fingerprint density at radius 3 is 2.46 bits per heavy atom. The number of hydrogen-bond donors (Lipinski definition) is 1. The van der Waals surface area contributed by atoms with Gasteiger partial charge < -0.3 is 10.2 Å². The highest BCUT2D eigenvalue weighted by molar-refractivity contribution is 5.56. The predicted molar refractivity (Wildman–Crippen MR) is 100 cm³/mol. The van der Waals surface area contributed by atoms with E-state index in [4.69, 9.17) is 0 Å². The zero-order valence-electron chi connectivity index (χ0n) is 14.4. The molecule has 0 atom stereocenters. The van der Waals surface area contributed by atoms with Gasteiger partial charge in [0.15, 0.2) is 0 Å². The summed E-state index contributed by atoms with van der Waals surface area (Å²) in [4.78, 5) is 5.19. The molecule has 0 radical (unpaired) electrons. The summed E-state index contributed by atoms with van der Waals surface area (Å²) >= 11 is 0. The fourth-order valence-electron chi connectivity index (χ4n) is 3.81. The van der Waals surface area contributed by atoms with Gasteiger partial charge in [0.2, 0.25) is 0 Å². The van der Waals surface area contributed by atoms with Gasteiger partial charge in [-0.05, 0) is 35.6 Å². The summed E-state index contributed by atoms with van der Waals surface area (Å²) < 4.78 is 0. The summed E-state index contributed by atoms with van der Waals surface area (Å²) in [6.45, 7) is 8.13. The van der Waals surface area contributed by atoms with Gasteiger partial charge in [0.25, 0.3) is 0 Å². The summed E-state index contributed by atoms with van der Waals surface area (Å²) in [6, 6.07) is 17.8. The lowest BCUT2D eigenvalue weighted by atomic mass is 10.1. The van der Waals surface area contributed by atoms with Gasteiger partial charge in [0.1, 0.15) is 0 Å². The number of rotatable bonds is 5. The topological polar surface area (TPSA) is 18.5 Å². The van der Waals surface area contributed by atoms with Crippen molar-refractivity contribution in [2.45, 2.75) is 19.4 Å². The minimum atomic E-state index is 1.09. The van der Waals surface area contributed by atoms with E-state index in [-0.39, 0.29) is 0 Å². The van der Waals surface area contributed by atoms with E-state index < -0.39 is 0 Å². The average Bonchev–Trinajstić information content (AvgIpc) is 3.10. The number of fused-ring (bicyclic) bond motifs is 1. The molecule has 0 saturated carbocycles. The van der Waals surface area contributed by atoms with Crippen LogP contribution in [0.15, 0.2) is 48.5 Å². The molecular formula is C21H27N3. The van der Waals surface area contributed by atoms with Crippen LogP contribution < -0.4 is 5.32 Å². The number of benzene rings is 2. The zero-order valence-corrected chi connectivity index (χ0v) is 14.4. The highest BCUT2D eigenvalue weighted by Crippen LogP contribution is 2.23. The minimum absolute atomic E-state index is 1.09. The van der Waals surface area contributed by atoms with Crippen LogP contribution in [-0.2, 0) is 19.4 Å². The molecule has 24 heavy (non-hydrogen) atoms. The Hall–Kier alpha value is -1.84. The van der Waals surface area contributed by atoms with Crippen molar-refractivity contribution in [3.05, 3.63) is 65.2 Å². The van der Waals surface area contributed by atoms with Crippen LogP contribution in [0.1, 0.15) is 16.7 Å². The van der Waals surface area contributed by atoms with Crippen LogP contribution in [0.2, 0.25) is 0 Å². The number of nitrogens with zero attached hydrogens (tertiary/aromatic N) is 2. The number of piperazine rings is 1. The van der Waals surface area contributed by atoms with Gasteiger partial charge in [0.05, 0.1) is 0 Å². The molecule has 0 amide bonds. The molecule has 0 aliphatic carbocycles. The summed E-state index contributed by atoms with van der Waals surface area (Å²) in [7, 11) is 0. The SMILES string of the molecule is c1ccc(CN2CCN(CCc3ccc4c(c3)CCN4)CC2)cc1. The molecule has 1 saturated heterocycles. The zero-order chi connectivity index (χ0) is 16.2. The van der Waals surface area contributed by atoms with Gasteiger partial charge in [0, 0.05) is 51.5 Å². The molecule has 1 N–H and O–H groups in total. The molecule has 4 rings (SSSR count). The minimum Gasteiger partial charge on any atom is -0.384 e. The molecule has 2 aromatic carbocycles. The Morgan fingerprint density at radius 1 is 0.833 bits per heavy atom. The third-order valence-corrected chi connectivity index (χ3v) is 5.31. The maximum absolute atomic E-state index is 3.44. The second-order valence-corrected chi connectivity index (χ2v) is 7.02. The molecule has 126 valence electrons.